The van der Waals surface area contributed by atoms with Gasteiger partial charge < -0.3 is 14.4 Å². The number of nitriles is 2. The molecule has 4 heterocycles. The molecule has 18 rings (SSSR count). The highest BCUT2D eigenvalue weighted by molar-refractivity contribution is 7.00. The molecule has 8 nitrogen and oxygen atoms in total. The smallest absolute Gasteiger partial charge is 0.252 e. The number of benzene rings is 14. The standard InChI is InChI=1S/C89H55BN8/c91-56-58-39-42-77-82(45-58)96(72-49-67(60-23-7-1-8-24-60)47-68(50-72)61-25-9-2-10-26-61)84-54-71(55-85-86(84)90(77)78-43-40-59(57-92)46-83(78)97(85)73-51-69(62-27-11-3-12-28-62)48-70(52-73)63-29-13-4-14-30-63)66-41-44-81-76(53-66)74-35-19-21-37-79(74)98(81)80-38-22-20-36-75(80)89-94-87(64-31-15-5-16-32-64)93-88(95-89)65-33-17-6-18-34-65/h1-55H. The average molecular weight is 1250 g/mol. The zero-order valence-electron chi connectivity index (χ0n) is 52.9. The number of para-hydroxylation sites is 2. The molecule has 9 heteroatoms. The first kappa shape index (κ1) is 57.2. The SMILES string of the molecule is N#Cc1ccc2c(c1)N(c1cc(-c3ccccc3)cc(-c3ccccc3)c1)c1cc(-c3ccc4c(c3)c3ccccc3n4-c3ccccc3-c3nc(-c4ccccc4)nc(-c4ccccc4)n3)cc3c1B2c1ccc(C#N)cc1N3c1cc(-c2ccccc2)cc(-c2ccccc2)c1. The van der Waals surface area contributed by atoms with Gasteiger partial charge in [-0.15, -0.1) is 0 Å². The summed E-state index contributed by atoms with van der Waals surface area (Å²) >= 11 is 0. The van der Waals surface area contributed by atoms with E-state index >= 15 is 0 Å². The Bertz CT molecular complexity index is 5520. The van der Waals surface area contributed by atoms with Gasteiger partial charge in [0.1, 0.15) is 0 Å². The van der Waals surface area contributed by atoms with Crippen molar-refractivity contribution >= 4 is 79.0 Å². The van der Waals surface area contributed by atoms with Gasteiger partial charge in [0.05, 0.1) is 40.0 Å². The highest BCUT2D eigenvalue weighted by atomic mass is 15.2. The molecule has 0 N–H and O–H groups in total. The fourth-order valence-corrected chi connectivity index (χ4v) is 14.7. The lowest BCUT2D eigenvalue weighted by molar-refractivity contribution is 1.06. The van der Waals surface area contributed by atoms with E-state index in [0.717, 1.165) is 150 Å². The molecule has 0 saturated carbocycles. The van der Waals surface area contributed by atoms with Gasteiger partial charge in [0.25, 0.3) is 6.71 Å². The van der Waals surface area contributed by atoms with E-state index < -0.39 is 0 Å². The molecule has 2 aromatic heterocycles. The molecule has 2 aliphatic heterocycles. The minimum absolute atomic E-state index is 0.318. The topological polar surface area (TPSA) is 97.7 Å². The van der Waals surface area contributed by atoms with Gasteiger partial charge in [0.15, 0.2) is 17.5 Å². The third-order valence-corrected chi connectivity index (χ3v) is 19.2. The van der Waals surface area contributed by atoms with Crippen LogP contribution >= 0.6 is 0 Å². The lowest BCUT2D eigenvalue weighted by Crippen LogP contribution is -2.61. The van der Waals surface area contributed by atoms with Crippen molar-refractivity contribution in [2.75, 3.05) is 9.80 Å². The van der Waals surface area contributed by atoms with E-state index in [0.29, 0.717) is 28.6 Å². The number of hydrogen-bond donors (Lipinski definition) is 0. The van der Waals surface area contributed by atoms with Crippen LogP contribution in [0.25, 0.3) is 117 Å². The highest BCUT2D eigenvalue weighted by Crippen LogP contribution is 2.50. The first-order chi connectivity index (χ1) is 48.5. The Morgan fingerprint density at radius 3 is 1.11 bits per heavy atom. The Morgan fingerprint density at radius 1 is 0.265 bits per heavy atom. The molecule has 0 spiro atoms. The summed E-state index contributed by atoms with van der Waals surface area (Å²) < 4.78 is 2.35. The molecule has 16 aromatic rings. The van der Waals surface area contributed by atoms with Crippen LogP contribution in [-0.4, -0.2) is 26.2 Å². The van der Waals surface area contributed by atoms with Crippen molar-refractivity contribution in [3.8, 4) is 108 Å². The summed E-state index contributed by atoms with van der Waals surface area (Å²) in [5.41, 5.74) is 26.1. The number of rotatable bonds is 11. The molecule has 0 saturated heterocycles. The van der Waals surface area contributed by atoms with Crippen LogP contribution < -0.4 is 26.2 Å². The molecular formula is C89H55BN8. The third kappa shape index (κ3) is 9.89. The Kier molecular flexibility index (Phi) is 13.9. The number of hydrogen-bond acceptors (Lipinski definition) is 7. The third-order valence-electron chi connectivity index (χ3n) is 19.2. The van der Waals surface area contributed by atoms with E-state index in [4.69, 9.17) is 15.0 Å². The molecule has 454 valence electrons. The second kappa shape index (κ2) is 23.8. The van der Waals surface area contributed by atoms with E-state index in [1.165, 1.54) is 0 Å². The van der Waals surface area contributed by atoms with Crippen molar-refractivity contribution in [3.05, 3.63) is 345 Å². The molecule has 0 amide bonds. The van der Waals surface area contributed by atoms with Crippen LogP contribution in [0.2, 0.25) is 0 Å². The summed E-state index contributed by atoms with van der Waals surface area (Å²) in [5.74, 6) is 1.74. The van der Waals surface area contributed by atoms with Crippen molar-refractivity contribution in [1.29, 1.82) is 10.5 Å². The Labute approximate surface area is 567 Å². The minimum atomic E-state index is -0.318. The quantitative estimate of drug-likeness (QED) is 0.119. The molecule has 0 aliphatic carbocycles. The zero-order chi connectivity index (χ0) is 65.2. The minimum Gasteiger partial charge on any atom is -0.311 e. The molecule has 0 unspecified atom stereocenters. The second-order valence-corrected chi connectivity index (χ2v) is 24.9. The van der Waals surface area contributed by atoms with Crippen LogP contribution in [0, 0.1) is 22.7 Å². The van der Waals surface area contributed by atoms with E-state index in [9.17, 15) is 10.5 Å². The Morgan fingerprint density at radius 2 is 0.653 bits per heavy atom. The lowest BCUT2D eigenvalue weighted by atomic mass is 9.33. The van der Waals surface area contributed by atoms with Crippen molar-refractivity contribution in [2.45, 2.75) is 0 Å². The molecule has 0 radical (unpaired) electrons. The van der Waals surface area contributed by atoms with Crippen LogP contribution in [0.3, 0.4) is 0 Å². The van der Waals surface area contributed by atoms with E-state index in [1.807, 2.05) is 72.8 Å². The maximum atomic E-state index is 10.9. The van der Waals surface area contributed by atoms with E-state index in [-0.39, 0.29) is 6.71 Å². The number of nitrogens with zero attached hydrogens (tertiary/aromatic N) is 8. The molecule has 0 fully saturated rings. The summed E-state index contributed by atoms with van der Waals surface area (Å²) in [4.78, 5) is 20.4. The first-order valence-corrected chi connectivity index (χ1v) is 32.9. The van der Waals surface area contributed by atoms with Gasteiger partial charge in [-0.3, -0.25) is 0 Å². The largest absolute Gasteiger partial charge is 0.311 e. The van der Waals surface area contributed by atoms with Crippen LogP contribution in [0.15, 0.2) is 334 Å². The molecule has 98 heavy (non-hydrogen) atoms. The molecule has 14 aromatic carbocycles. The van der Waals surface area contributed by atoms with Gasteiger partial charge in [-0.25, -0.2) is 15.0 Å². The number of anilines is 6. The van der Waals surface area contributed by atoms with Crippen LogP contribution in [0.4, 0.5) is 34.1 Å². The zero-order valence-corrected chi connectivity index (χ0v) is 52.9. The predicted molar refractivity (Wildman–Crippen MR) is 401 cm³/mol. The maximum absolute atomic E-state index is 10.9. The monoisotopic (exact) mass is 1250 g/mol. The average Bonchev–Trinajstić information content (AvgIpc) is 0.767. The van der Waals surface area contributed by atoms with Crippen LogP contribution in [0.5, 0.6) is 0 Å². The van der Waals surface area contributed by atoms with Crippen molar-refractivity contribution in [1.82, 2.24) is 19.5 Å². The lowest BCUT2D eigenvalue weighted by Gasteiger charge is -2.44. The van der Waals surface area contributed by atoms with Gasteiger partial charge in [0.2, 0.25) is 0 Å². The summed E-state index contributed by atoms with van der Waals surface area (Å²) in [6, 6.07) is 122. The normalized spacial score (nSPS) is 12.0. The first-order valence-electron chi connectivity index (χ1n) is 32.9. The Hall–Kier alpha value is -13.5. The van der Waals surface area contributed by atoms with Crippen molar-refractivity contribution in [2.24, 2.45) is 0 Å². The molecular weight excluding hydrogens is 1190 g/mol. The predicted octanol–water partition coefficient (Wildman–Crippen LogP) is 20.1. The van der Waals surface area contributed by atoms with Gasteiger partial charge in [-0.05, 0) is 175 Å². The molecule has 0 bridgehead atoms. The van der Waals surface area contributed by atoms with Crippen LogP contribution in [-0.2, 0) is 0 Å². The Balaban J connectivity index is 0.912. The summed E-state index contributed by atoms with van der Waals surface area (Å²) in [6.45, 7) is -0.318. The summed E-state index contributed by atoms with van der Waals surface area (Å²) in [5, 5.41) is 24.0. The van der Waals surface area contributed by atoms with Gasteiger partial charge in [-0.2, -0.15) is 10.5 Å². The highest BCUT2D eigenvalue weighted by Gasteiger charge is 2.44. The molecule has 2 aliphatic rings. The van der Waals surface area contributed by atoms with Gasteiger partial charge in [-0.1, -0.05) is 231 Å². The fraction of sp³-hybridized carbons (Fsp3) is 0. The molecule has 0 atom stereocenters. The van der Waals surface area contributed by atoms with Crippen LogP contribution in [0.1, 0.15) is 11.1 Å². The maximum Gasteiger partial charge on any atom is 0.252 e. The van der Waals surface area contributed by atoms with Gasteiger partial charge >= 0.3 is 0 Å². The van der Waals surface area contributed by atoms with E-state index in [2.05, 4.69) is 287 Å². The van der Waals surface area contributed by atoms with Gasteiger partial charge in [0, 0.05) is 61.6 Å². The van der Waals surface area contributed by atoms with Crippen molar-refractivity contribution < 1.29 is 0 Å². The number of fused-ring (bicyclic) bond motifs is 7. The summed E-state index contributed by atoms with van der Waals surface area (Å²) in [6.07, 6.45) is 0. The second-order valence-electron chi connectivity index (χ2n) is 24.9. The van der Waals surface area contributed by atoms with Crippen molar-refractivity contribution in [3.63, 3.8) is 0 Å². The summed E-state index contributed by atoms with van der Waals surface area (Å²) in [7, 11) is 0. The fourth-order valence-electron chi connectivity index (χ4n) is 14.7. The van der Waals surface area contributed by atoms with E-state index in [1.54, 1.807) is 0 Å². The number of aromatic nitrogens is 4.